The SMILES string of the molecule is Cn1cccc2c(Sc3ccc(Cl)cc3)c(C(=O)Nc3ccc4c(c3)OCCO4)nc1-2. The zero-order valence-electron chi connectivity index (χ0n) is 16.6. The van der Waals surface area contributed by atoms with Crippen molar-refractivity contribution in [1.29, 1.82) is 0 Å². The smallest absolute Gasteiger partial charge is 0.275 e. The molecule has 3 aliphatic rings. The fourth-order valence-electron chi connectivity index (χ4n) is 3.39. The van der Waals surface area contributed by atoms with Crippen molar-refractivity contribution in [2.75, 3.05) is 18.5 Å². The van der Waals surface area contributed by atoms with Crippen LogP contribution in [0.1, 0.15) is 10.5 Å². The van der Waals surface area contributed by atoms with Gasteiger partial charge in [-0.2, -0.15) is 0 Å². The Morgan fingerprint density at radius 1 is 1.10 bits per heavy atom. The van der Waals surface area contributed by atoms with Crippen LogP contribution in [0.4, 0.5) is 5.69 Å². The molecule has 1 N–H and O–H groups in total. The standard InChI is InChI=1S/C23H18ClN3O3S/c1-27-10-2-3-17-21(31-16-7-4-14(24)5-8-16)20(26-22(17)27)23(28)25-15-6-9-18-19(13-15)30-12-11-29-18/h2-10,13H,11-12H2,1H3,(H,25,28). The first-order valence-corrected chi connectivity index (χ1v) is 10.9. The van der Waals surface area contributed by atoms with E-state index in [4.69, 9.17) is 21.1 Å². The molecule has 3 heterocycles. The first kappa shape index (κ1) is 19.8. The van der Waals surface area contributed by atoms with Crippen LogP contribution in [-0.4, -0.2) is 28.7 Å². The Morgan fingerprint density at radius 3 is 2.68 bits per heavy atom. The van der Waals surface area contributed by atoms with E-state index >= 15 is 0 Å². The number of pyridine rings is 1. The average Bonchev–Trinajstić information content (AvgIpc) is 3.15. The van der Waals surface area contributed by atoms with E-state index in [-0.39, 0.29) is 5.91 Å². The Morgan fingerprint density at radius 2 is 1.87 bits per heavy atom. The topological polar surface area (TPSA) is 65.4 Å². The molecule has 6 nitrogen and oxygen atoms in total. The molecule has 8 heteroatoms. The van der Waals surface area contributed by atoms with Crippen LogP contribution in [0.5, 0.6) is 11.5 Å². The molecule has 0 bridgehead atoms. The van der Waals surface area contributed by atoms with E-state index in [2.05, 4.69) is 10.3 Å². The fraction of sp³-hybridized carbons (Fsp3) is 0.130. The van der Waals surface area contributed by atoms with Gasteiger partial charge in [-0.1, -0.05) is 23.4 Å². The number of hydrogen-bond donors (Lipinski definition) is 1. The minimum Gasteiger partial charge on any atom is -0.486 e. The summed E-state index contributed by atoms with van der Waals surface area (Å²) in [6.07, 6.45) is 1.91. The third kappa shape index (κ3) is 3.94. The molecule has 0 saturated carbocycles. The summed E-state index contributed by atoms with van der Waals surface area (Å²) < 4.78 is 13.1. The number of carbonyl (C=O) groups excluding carboxylic acids is 1. The molecular weight excluding hydrogens is 434 g/mol. The molecule has 2 aromatic carbocycles. The summed E-state index contributed by atoms with van der Waals surface area (Å²) in [5.74, 6) is 1.75. The molecule has 2 aromatic rings. The first-order chi connectivity index (χ1) is 15.1. The maximum atomic E-state index is 13.2. The predicted octanol–water partition coefficient (Wildman–Crippen LogP) is 5.35. The molecule has 1 amide bonds. The lowest BCUT2D eigenvalue weighted by Crippen LogP contribution is -2.17. The predicted molar refractivity (Wildman–Crippen MR) is 121 cm³/mol. The summed E-state index contributed by atoms with van der Waals surface area (Å²) in [6.45, 7) is 1.00. The van der Waals surface area contributed by atoms with Crippen LogP contribution in [0.15, 0.2) is 70.6 Å². The summed E-state index contributed by atoms with van der Waals surface area (Å²) >= 11 is 7.51. The number of ether oxygens (including phenoxy) is 2. The van der Waals surface area contributed by atoms with Crippen molar-refractivity contribution in [1.82, 2.24) is 9.55 Å². The van der Waals surface area contributed by atoms with Crippen molar-refractivity contribution in [3.8, 4) is 22.9 Å². The monoisotopic (exact) mass is 451 g/mol. The van der Waals surface area contributed by atoms with Gasteiger partial charge in [0.1, 0.15) is 24.7 Å². The Labute approximate surface area is 188 Å². The number of aryl methyl sites for hydroxylation is 1. The summed E-state index contributed by atoms with van der Waals surface area (Å²) in [5, 5.41) is 3.61. The second kappa shape index (κ2) is 8.17. The second-order valence-corrected chi connectivity index (χ2v) is 8.53. The van der Waals surface area contributed by atoms with Crippen LogP contribution in [0, 0.1) is 0 Å². The number of rotatable bonds is 4. The lowest BCUT2D eigenvalue weighted by atomic mass is 10.2. The number of nitrogens with one attached hydrogen (secondary N) is 1. The van der Waals surface area contributed by atoms with Gasteiger partial charge in [-0.15, -0.1) is 0 Å². The van der Waals surface area contributed by atoms with Gasteiger partial charge in [0.25, 0.3) is 5.91 Å². The highest BCUT2D eigenvalue weighted by atomic mass is 35.5. The minimum absolute atomic E-state index is 0.288. The maximum Gasteiger partial charge on any atom is 0.275 e. The highest BCUT2D eigenvalue weighted by molar-refractivity contribution is 7.99. The third-order valence-electron chi connectivity index (χ3n) is 4.87. The number of anilines is 1. The van der Waals surface area contributed by atoms with Crippen molar-refractivity contribution in [3.63, 3.8) is 0 Å². The number of halogens is 1. The Hall–Kier alpha value is -3.16. The van der Waals surface area contributed by atoms with Gasteiger partial charge in [0.15, 0.2) is 11.5 Å². The largest absolute Gasteiger partial charge is 0.486 e. The van der Waals surface area contributed by atoms with E-state index in [9.17, 15) is 4.79 Å². The van der Waals surface area contributed by atoms with Crippen LogP contribution < -0.4 is 14.8 Å². The minimum atomic E-state index is -0.288. The Kier molecular flexibility index (Phi) is 5.21. The lowest BCUT2D eigenvalue weighted by molar-refractivity contribution is 0.102. The van der Waals surface area contributed by atoms with Crippen LogP contribution >= 0.6 is 23.4 Å². The number of benzene rings is 2. The molecule has 0 fully saturated rings. The molecule has 156 valence electrons. The van der Waals surface area contributed by atoms with Crippen molar-refractivity contribution in [3.05, 3.63) is 71.5 Å². The van der Waals surface area contributed by atoms with Gasteiger partial charge >= 0.3 is 0 Å². The van der Waals surface area contributed by atoms with Gasteiger partial charge in [0.05, 0.1) is 4.90 Å². The molecule has 3 aliphatic heterocycles. The van der Waals surface area contributed by atoms with E-state index in [0.29, 0.717) is 41.1 Å². The summed E-state index contributed by atoms with van der Waals surface area (Å²) in [5.41, 5.74) is 1.90. The summed E-state index contributed by atoms with van der Waals surface area (Å²) in [6, 6.07) is 16.8. The number of nitrogens with zero attached hydrogens (tertiary/aromatic N) is 2. The van der Waals surface area contributed by atoms with Crippen LogP contribution in [-0.2, 0) is 7.05 Å². The average molecular weight is 452 g/mol. The molecule has 0 atom stereocenters. The van der Waals surface area contributed by atoms with Gasteiger partial charge in [0.2, 0.25) is 0 Å². The van der Waals surface area contributed by atoms with E-state index in [1.54, 1.807) is 18.2 Å². The molecular formula is C23H18ClN3O3S. The fourth-order valence-corrected chi connectivity index (χ4v) is 4.53. The van der Waals surface area contributed by atoms with Gasteiger partial charge in [-0.25, -0.2) is 4.98 Å². The third-order valence-corrected chi connectivity index (χ3v) is 6.25. The highest BCUT2D eigenvalue weighted by Crippen LogP contribution is 2.40. The molecule has 0 spiro atoms. The molecule has 0 unspecified atom stereocenters. The number of aromatic nitrogens is 2. The zero-order chi connectivity index (χ0) is 21.4. The number of amides is 1. The van der Waals surface area contributed by atoms with E-state index in [0.717, 1.165) is 21.2 Å². The van der Waals surface area contributed by atoms with Crippen LogP contribution in [0.2, 0.25) is 5.02 Å². The molecule has 31 heavy (non-hydrogen) atoms. The molecule has 0 radical (unpaired) electrons. The highest BCUT2D eigenvalue weighted by Gasteiger charge is 2.25. The van der Waals surface area contributed by atoms with Crippen molar-refractivity contribution in [2.45, 2.75) is 9.79 Å². The maximum absolute atomic E-state index is 13.2. The normalized spacial score (nSPS) is 12.7. The Balaban J connectivity index is 1.50. The molecule has 0 saturated heterocycles. The second-order valence-electron chi connectivity index (χ2n) is 7.01. The summed E-state index contributed by atoms with van der Waals surface area (Å²) in [7, 11) is 1.91. The van der Waals surface area contributed by atoms with Crippen molar-refractivity contribution >= 4 is 35.0 Å². The Bertz CT molecular complexity index is 1240. The van der Waals surface area contributed by atoms with E-state index < -0.39 is 0 Å². The quantitative estimate of drug-likeness (QED) is 0.453. The molecule has 5 rings (SSSR count). The molecule has 0 aromatic heterocycles. The number of fused-ring (bicyclic) bond motifs is 2. The van der Waals surface area contributed by atoms with Gasteiger partial charge in [-0.05, 0) is 48.5 Å². The van der Waals surface area contributed by atoms with Gasteiger partial charge < -0.3 is 19.4 Å². The van der Waals surface area contributed by atoms with Crippen molar-refractivity contribution in [2.24, 2.45) is 7.05 Å². The lowest BCUT2D eigenvalue weighted by Gasteiger charge is -2.19. The van der Waals surface area contributed by atoms with Gasteiger partial charge in [0, 0.05) is 40.5 Å². The number of hydrogen-bond acceptors (Lipinski definition) is 5. The van der Waals surface area contributed by atoms with Crippen molar-refractivity contribution < 1.29 is 14.3 Å². The van der Waals surface area contributed by atoms with Crippen LogP contribution in [0.25, 0.3) is 11.4 Å². The van der Waals surface area contributed by atoms with Gasteiger partial charge in [-0.3, -0.25) is 4.79 Å². The van der Waals surface area contributed by atoms with Crippen LogP contribution in [0.3, 0.4) is 0 Å². The zero-order valence-corrected chi connectivity index (χ0v) is 18.2. The number of carbonyl (C=O) groups is 1. The van der Waals surface area contributed by atoms with E-state index in [1.807, 2.05) is 54.2 Å². The molecule has 0 aliphatic carbocycles. The summed E-state index contributed by atoms with van der Waals surface area (Å²) in [4.78, 5) is 19.7. The van der Waals surface area contributed by atoms with E-state index in [1.165, 1.54) is 11.8 Å². The first-order valence-electron chi connectivity index (χ1n) is 9.68.